The highest BCUT2D eigenvalue weighted by atomic mass is 32.2. The van der Waals surface area contributed by atoms with Gasteiger partial charge in [0, 0.05) is 12.8 Å². The first-order valence-electron chi connectivity index (χ1n) is 6.48. The highest BCUT2D eigenvalue weighted by molar-refractivity contribution is 7.91. The van der Waals surface area contributed by atoms with Gasteiger partial charge in [-0.1, -0.05) is 47.6 Å². The van der Waals surface area contributed by atoms with E-state index in [1.807, 2.05) is 0 Å². The van der Waals surface area contributed by atoms with Crippen molar-refractivity contribution in [2.75, 3.05) is 11.5 Å². The molecule has 0 fully saturated rings. The lowest BCUT2D eigenvalue weighted by Gasteiger charge is -2.11. The Balaban J connectivity index is 1.80. The average molecular weight is 294 g/mol. The van der Waals surface area contributed by atoms with Gasteiger partial charge in [0.15, 0.2) is 0 Å². The van der Waals surface area contributed by atoms with Crippen molar-refractivity contribution in [3.63, 3.8) is 0 Å². The first kappa shape index (κ1) is 15.0. The molecule has 1 nitrogen and oxygen atoms in total. The van der Waals surface area contributed by atoms with Crippen molar-refractivity contribution in [2.24, 2.45) is 0 Å². The third kappa shape index (κ3) is 4.32. The highest BCUT2D eigenvalue weighted by Gasteiger charge is 2.10. The molecule has 0 saturated carbocycles. The van der Waals surface area contributed by atoms with Crippen LogP contribution < -0.4 is 0 Å². The maximum atomic E-state index is 13.4. The van der Waals surface area contributed by atoms with Crippen LogP contribution in [-0.4, -0.2) is 16.1 Å². The van der Waals surface area contributed by atoms with E-state index in [2.05, 4.69) is 0 Å². The lowest BCUT2D eigenvalue weighted by molar-refractivity contribution is 0.586. The predicted octanol–water partition coefficient (Wildman–Crippen LogP) is 3.50. The quantitative estimate of drug-likeness (QED) is 0.748. The molecular weight excluding hydrogens is 278 g/mol. The van der Waals surface area contributed by atoms with Crippen LogP contribution >= 0.6 is 0 Å². The normalized spacial score (nSPS) is 11.0. The molecule has 4 heteroatoms. The number of benzene rings is 2. The van der Waals surface area contributed by atoms with Crippen LogP contribution in [-0.2, 0) is 24.0 Å². The minimum atomic E-state index is -1.07. The second-order valence-electron chi connectivity index (χ2n) is 4.53. The lowest BCUT2D eigenvalue weighted by atomic mass is 10.1. The Kier molecular flexibility index (Phi) is 5.56. The van der Waals surface area contributed by atoms with Crippen molar-refractivity contribution in [1.82, 2.24) is 0 Å². The molecule has 0 saturated heterocycles. The van der Waals surface area contributed by atoms with Crippen LogP contribution in [0.4, 0.5) is 8.78 Å². The molecular formula is C16H16F2OS. The van der Waals surface area contributed by atoms with E-state index in [0.29, 0.717) is 35.5 Å². The molecule has 0 atom stereocenters. The summed E-state index contributed by atoms with van der Waals surface area (Å²) in [6.07, 6.45) is 0.882. The number of hydrogen-bond acceptors (Lipinski definition) is 1. The standard InChI is InChI=1S/C16H16F2OS/c17-15-7-3-1-5-13(15)9-11-20(19)12-10-14-6-2-4-8-16(14)18/h1-8H,9-12H2. The summed E-state index contributed by atoms with van der Waals surface area (Å²) in [5.74, 6) is 0.266. The summed E-state index contributed by atoms with van der Waals surface area (Å²) < 4.78 is 38.7. The van der Waals surface area contributed by atoms with Gasteiger partial charge in [-0.25, -0.2) is 8.78 Å². The summed E-state index contributed by atoms with van der Waals surface area (Å²) in [5.41, 5.74) is 1.15. The first-order valence-corrected chi connectivity index (χ1v) is 7.97. The highest BCUT2D eigenvalue weighted by Crippen LogP contribution is 2.11. The summed E-state index contributed by atoms with van der Waals surface area (Å²) >= 11 is -1.07. The molecule has 0 aliphatic carbocycles. The van der Waals surface area contributed by atoms with Gasteiger partial charge < -0.3 is 4.55 Å². The molecule has 0 aliphatic rings. The smallest absolute Gasteiger partial charge is 0.126 e. The van der Waals surface area contributed by atoms with Crippen molar-refractivity contribution < 1.29 is 13.3 Å². The van der Waals surface area contributed by atoms with E-state index < -0.39 is 11.2 Å². The second kappa shape index (κ2) is 7.41. The minimum Gasteiger partial charge on any atom is -0.616 e. The number of aryl methyl sites for hydroxylation is 2. The van der Waals surface area contributed by atoms with E-state index >= 15 is 0 Å². The summed E-state index contributed by atoms with van der Waals surface area (Å²) in [4.78, 5) is 0. The van der Waals surface area contributed by atoms with Gasteiger partial charge in [0.2, 0.25) is 0 Å². The largest absolute Gasteiger partial charge is 0.616 e. The van der Waals surface area contributed by atoms with Crippen molar-refractivity contribution in [3.05, 3.63) is 71.3 Å². The predicted molar refractivity (Wildman–Crippen MR) is 78.1 cm³/mol. The Morgan fingerprint density at radius 2 is 1.15 bits per heavy atom. The van der Waals surface area contributed by atoms with Gasteiger partial charge in [0.05, 0.1) is 0 Å². The van der Waals surface area contributed by atoms with Crippen molar-refractivity contribution >= 4 is 11.2 Å². The molecule has 106 valence electrons. The van der Waals surface area contributed by atoms with Crippen LogP contribution in [0.15, 0.2) is 48.5 Å². The van der Waals surface area contributed by atoms with Gasteiger partial charge >= 0.3 is 0 Å². The van der Waals surface area contributed by atoms with Crippen LogP contribution in [0.3, 0.4) is 0 Å². The molecule has 0 aromatic heterocycles. The molecule has 2 aromatic carbocycles. The third-order valence-electron chi connectivity index (χ3n) is 3.11. The molecule has 20 heavy (non-hydrogen) atoms. The van der Waals surface area contributed by atoms with Gasteiger partial charge in [-0.05, 0) is 23.3 Å². The zero-order chi connectivity index (χ0) is 14.4. The van der Waals surface area contributed by atoms with Gasteiger partial charge in [-0.2, -0.15) is 0 Å². The molecule has 0 amide bonds. The van der Waals surface area contributed by atoms with E-state index in [4.69, 9.17) is 0 Å². The Bertz CT molecular complexity index is 510. The molecule has 0 bridgehead atoms. The van der Waals surface area contributed by atoms with E-state index in [0.717, 1.165) is 0 Å². The van der Waals surface area contributed by atoms with Crippen LogP contribution in [0.1, 0.15) is 11.1 Å². The molecule has 0 aliphatic heterocycles. The summed E-state index contributed by atoms with van der Waals surface area (Å²) in [6, 6.07) is 13.0. The SMILES string of the molecule is [O-][S+](CCc1ccccc1F)CCc1ccccc1F. The van der Waals surface area contributed by atoms with Crippen molar-refractivity contribution in [3.8, 4) is 0 Å². The van der Waals surface area contributed by atoms with E-state index in [9.17, 15) is 13.3 Å². The maximum Gasteiger partial charge on any atom is 0.126 e. The van der Waals surface area contributed by atoms with Gasteiger partial charge in [-0.3, -0.25) is 0 Å². The van der Waals surface area contributed by atoms with Crippen LogP contribution in [0.25, 0.3) is 0 Å². The maximum absolute atomic E-state index is 13.4. The fourth-order valence-electron chi connectivity index (χ4n) is 1.95. The topological polar surface area (TPSA) is 23.1 Å². The van der Waals surface area contributed by atoms with Gasteiger partial charge in [0.1, 0.15) is 23.1 Å². The Labute approximate surface area is 120 Å². The fraction of sp³-hybridized carbons (Fsp3) is 0.250. The summed E-state index contributed by atoms with van der Waals surface area (Å²) in [5, 5.41) is 0. The zero-order valence-electron chi connectivity index (χ0n) is 11.0. The van der Waals surface area contributed by atoms with Gasteiger partial charge in [0.25, 0.3) is 0 Å². The minimum absolute atomic E-state index is 0.265. The fourth-order valence-corrected chi connectivity index (χ4v) is 3.05. The average Bonchev–Trinajstić information content (AvgIpc) is 2.45. The number of halogens is 2. The number of hydrogen-bond donors (Lipinski definition) is 0. The first-order chi connectivity index (χ1) is 9.66. The van der Waals surface area contributed by atoms with Crippen molar-refractivity contribution in [1.29, 1.82) is 0 Å². The monoisotopic (exact) mass is 294 g/mol. The summed E-state index contributed by atoms with van der Waals surface area (Å²) in [7, 11) is 0. The van der Waals surface area contributed by atoms with Crippen molar-refractivity contribution in [2.45, 2.75) is 12.8 Å². The summed E-state index contributed by atoms with van der Waals surface area (Å²) in [6.45, 7) is 0. The number of rotatable bonds is 6. The third-order valence-corrected chi connectivity index (χ3v) is 4.43. The lowest BCUT2D eigenvalue weighted by Crippen LogP contribution is -2.15. The molecule has 0 spiro atoms. The molecule has 0 radical (unpaired) electrons. The molecule has 2 aromatic rings. The molecule has 0 unspecified atom stereocenters. The Morgan fingerprint density at radius 1 is 0.750 bits per heavy atom. The van der Waals surface area contributed by atoms with E-state index in [1.165, 1.54) is 12.1 Å². The Morgan fingerprint density at radius 3 is 1.55 bits per heavy atom. The van der Waals surface area contributed by atoms with Crippen LogP contribution in [0.2, 0.25) is 0 Å². The second-order valence-corrected chi connectivity index (χ2v) is 6.23. The molecule has 2 rings (SSSR count). The Hall–Kier alpha value is -1.39. The van der Waals surface area contributed by atoms with Crippen LogP contribution in [0, 0.1) is 11.6 Å². The van der Waals surface area contributed by atoms with Crippen LogP contribution in [0.5, 0.6) is 0 Å². The van der Waals surface area contributed by atoms with E-state index in [1.54, 1.807) is 36.4 Å². The van der Waals surface area contributed by atoms with Gasteiger partial charge in [-0.15, -0.1) is 0 Å². The molecule has 0 heterocycles. The zero-order valence-corrected chi connectivity index (χ0v) is 11.8. The molecule has 0 N–H and O–H groups in total. The van der Waals surface area contributed by atoms with E-state index in [-0.39, 0.29) is 11.6 Å².